The molecule has 1 fully saturated rings. The summed E-state index contributed by atoms with van der Waals surface area (Å²) >= 11 is 5.96. The molecular formula is C14H19ClN2O2. The monoisotopic (exact) mass is 282 g/mol. The number of nitro benzene ring substituents is 1. The summed E-state index contributed by atoms with van der Waals surface area (Å²) in [4.78, 5) is 12.8. The lowest BCUT2D eigenvalue weighted by Gasteiger charge is -2.39. The van der Waals surface area contributed by atoms with Crippen molar-refractivity contribution in [3.8, 4) is 0 Å². The first-order chi connectivity index (χ1) is 9.02. The normalized spacial score (nSPS) is 23.4. The van der Waals surface area contributed by atoms with Gasteiger partial charge < -0.3 is 4.90 Å². The van der Waals surface area contributed by atoms with Gasteiger partial charge in [-0.15, -0.1) is 11.6 Å². The van der Waals surface area contributed by atoms with Gasteiger partial charge in [0.2, 0.25) is 0 Å². The third kappa shape index (κ3) is 3.00. The van der Waals surface area contributed by atoms with E-state index in [9.17, 15) is 10.1 Å². The Morgan fingerprint density at radius 2 is 2.16 bits per heavy atom. The Kier molecular flexibility index (Phi) is 4.30. The van der Waals surface area contributed by atoms with Crippen LogP contribution in [0.4, 0.5) is 11.4 Å². The van der Waals surface area contributed by atoms with Crippen LogP contribution in [0.3, 0.4) is 0 Å². The van der Waals surface area contributed by atoms with Crippen molar-refractivity contribution < 1.29 is 4.92 Å². The summed E-state index contributed by atoms with van der Waals surface area (Å²) in [5, 5.41) is 10.8. The largest absolute Gasteiger partial charge is 0.368 e. The predicted octanol–water partition coefficient (Wildman–Crippen LogP) is 3.96. The zero-order valence-electron chi connectivity index (χ0n) is 11.3. The second kappa shape index (κ2) is 5.78. The van der Waals surface area contributed by atoms with E-state index in [1.807, 2.05) is 6.07 Å². The minimum absolute atomic E-state index is 0.108. The lowest BCUT2D eigenvalue weighted by molar-refractivity contribution is -0.384. The molecule has 0 amide bonds. The summed E-state index contributed by atoms with van der Waals surface area (Å²) in [6.45, 7) is 5.43. The summed E-state index contributed by atoms with van der Waals surface area (Å²) in [7, 11) is 0. The SMILES string of the molecule is CC1CCC(C)N(c2ccc([N+](=O)[O-])cc2CCl)C1. The maximum atomic E-state index is 10.8. The first-order valence-electron chi connectivity index (χ1n) is 6.63. The number of nitro groups is 1. The molecule has 1 aromatic rings. The Bertz CT molecular complexity index is 479. The van der Waals surface area contributed by atoms with E-state index >= 15 is 0 Å². The highest BCUT2D eigenvalue weighted by Gasteiger charge is 2.25. The summed E-state index contributed by atoms with van der Waals surface area (Å²) < 4.78 is 0. The minimum Gasteiger partial charge on any atom is -0.368 e. The van der Waals surface area contributed by atoms with Crippen molar-refractivity contribution in [1.82, 2.24) is 0 Å². The van der Waals surface area contributed by atoms with Crippen molar-refractivity contribution in [3.05, 3.63) is 33.9 Å². The van der Waals surface area contributed by atoms with Crippen molar-refractivity contribution >= 4 is 23.0 Å². The van der Waals surface area contributed by atoms with Crippen LogP contribution in [0.2, 0.25) is 0 Å². The molecule has 4 nitrogen and oxygen atoms in total. The first-order valence-corrected chi connectivity index (χ1v) is 7.16. The molecule has 1 aliphatic rings. The van der Waals surface area contributed by atoms with Crippen LogP contribution >= 0.6 is 11.6 Å². The van der Waals surface area contributed by atoms with E-state index in [0.717, 1.165) is 24.2 Å². The van der Waals surface area contributed by atoms with E-state index in [2.05, 4.69) is 18.7 Å². The molecule has 2 atom stereocenters. The quantitative estimate of drug-likeness (QED) is 0.479. The molecule has 2 unspecified atom stereocenters. The predicted molar refractivity (Wildman–Crippen MR) is 77.9 cm³/mol. The number of anilines is 1. The fourth-order valence-electron chi connectivity index (χ4n) is 2.70. The third-order valence-corrected chi connectivity index (χ3v) is 4.13. The Balaban J connectivity index is 2.35. The lowest BCUT2D eigenvalue weighted by atomic mass is 9.94. The molecule has 1 aliphatic heterocycles. The van der Waals surface area contributed by atoms with Gasteiger partial charge >= 0.3 is 0 Å². The van der Waals surface area contributed by atoms with Gasteiger partial charge in [0.1, 0.15) is 0 Å². The zero-order valence-corrected chi connectivity index (χ0v) is 12.1. The van der Waals surface area contributed by atoms with Crippen LogP contribution in [0.5, 0.6) is 0 Å². The number of nitrogens with zero attached hydrogens (tertiary/aromatic N) is 2. The van der Waals surface area contributed by atoms with Crippen LogP contribution in [0, 0.1) is 16.0 Å². The second-order valence-electron chi connectivity index (χ2n) is 5.39. The van der Waals surface area contributed by atoms with Gasteiger partial charge in [0, 0.05) is 36.3 Å². The second-order valence-corrected chi connectivity index (χ2v) is 5.65. The molecule has 0 saturated carbocycles. The van der Waals surface area contributed by atoms with Gasteiger partial charge in [-0.2, -0.15) is 0 Å². The molecule has 0 bridgehead atoms. The van der Waals surface area contributed by atoms with Crippen LogP contribution in [-0.2, 0) is 5.88 Å². The topological polar surface area (TPSA) is 46.4 Å². The Morgan fingerprint density at radius 3 is 2.79 bits per heavy atom. The number of alkyl halides is 1. The van der Waals surface area contributed by atoms with E-state index in [-0.39, 0.29) is 10.6 Å². The van der Waals surface area contributed by atoms with Gasteiger partial charge in [0.15, 0.2) is 0 Å². The van der Waals surface area contributed by atoms with Gasteiger partial charge in [0.25, 0.3) is 5.69 Å². The maximum absolute atomic E-state index is 10.8. The molecule has 0 radical (unpaired) electrons. The summed E-state index contributed by atoms with van der Waals surface area (Å²) in [5.41, 5.74) is 1.99. The van der Waals surface area contributed by atoms with E-state index < -0.39 is 0 Å². The molecular weight excluding hydrogens is 264 g/mol. The molecule has 1 aromatic carbocycles. The van der Waals surface area contributed by atoms with Crippen LogP contribution in [0.25, 0.3) is 0 Å². The number of hydrogen-bond acceptors (Lipinski definition) is 3. The maximum Gasteiger partial charge on any atom is 0.269 e. The molecule has 0 aromatic heterocycles. The number of benzene rings is 1. The molecule has 1 heterocycles. The third-order valence-electron chi connectivity index (χ3n) is 3.84. The number of non-ortho nitro benzene ring substituents is 1. The van der Waals surface area contributed by atoms with Crippen molar-refractivity contribution in [3.63, 3.8) is 0 Å². The van der Waals surface area contributed by atoms with E-state index in [1.54, 1.807) is 12.1 Å². The van der Waals surface area contributed by atoms with Crippen LogP contribution < -0.4 is 4.90 Å². The highest BCUT2D eigenvalue weighted by Crippen LogP contribution is 2.32. The van der Waals surface area contributed by atoms with Gasteiger partial charge in [0.05, 0.1) is 4.92 Å². The van der Waals surface area contributed by atoms with Crippen molar-refractivity contribution in [2.75, 3.05) is 11.4 Å². The van der Waals surface area contributed by atoms with Crippen molar-refractivity contribution in [2.24, 2.45) is 5.92 Å². The summed E-state index contributed by atoms with van der Waals surface area (Å²) in [6.07, 6.45) is 2.39. The van der Waals surface area contributed by atoms with E-state index in [4.69, 9.17) is 11.6 Å². The minimum atomic E-state index is -0.373. The van der Waals surface area contributed by atoms with Gasteiger partial charge in [-0.25, -0.2) is 0 Å². The lowest BCUT2D eigenvalue weighted by Crippen LogP contribution is -2.41. The van der Waals surface area contributed by atoms with E-state index in [1.165, 1.54) is 6.42 Å². The molecule has 0 N–H and O–H groups in total. The molecule has 5 heteroatoms. The van der Waals surface area contributed by atoms with Gasteiger partial charge in [-0.1, -0.05) is 6.92 Å². The standard InChI is InChI=1S/C14H19ClN2O2/c1-10-3-4-11(2)16(9-10)14-6-5-13(17(18)19)7-12(14)8-15/h5-7,10-11H,3-4,8-9H2,1-2H3. The molecule has 104 valence electrons. The van der Waals surface area contributed by atoms with Gasteiger partial charge in [-0.3, -0.25) is 10.1 Å². The first kappa shape index (κ1) is 14.1. The van der Waals surface area contributed by atoms with Crippen molar-refractivity contribution in [1.29, 1.82) is 0 Å². The fourth-order valence-corrected chi connectivity index (χ4v) is 2.91. The smallest absolute Gasteiger partial charge is 0.269 e. The molecule has 2 rings (SSSR count). The Labute approximate surface area is 118 Å². The Hall–Kier alpha value is -1.29. The van der Waals surface area contributed by atoms with Crippen LogP contribution in [0.1, 0.15) is 32.3 Å². The molecule has 19 heavy (non-hydrogen) atoms. The van der Waals surface area contributed by atoms with E-state index in [0.29, 0.717) is 17.8 Å². The molecule has 1 saturated heterocycles. The number of halogens is 1. The number of rotatable bonds is 3. The summed E-state index contributed by atoms with van der Waals surface area (Å²) in [5.74, 6) is 0.948. The van der Waals surface area contributed by atoms with Crippen LogP contribution in [-0.4, -0.2) is 17.5 Å². The highest BCUT2D eigenvalue weighted by atomic mass is 35.5. The molecule has 0 spiro atoms. The zero-order chi connectivity index (χ0) is 14.0. The number of piperidine rings is 1. The average molecular weight is 283 g/mol. The summed E-state index contributed by atoms with van der Waals surface area (Å²) in [6, 6.07) is 5.45. The number of hydrogen-bond donors (Lipinski definition) is 0. The fraction of sp³-hybridized carbons (Fsp3) is 0.571. The average Bonchev–Trinajstić information content (AvgIpc) is 2.40. The molecule has 0 aliphatic carbocycles. The Morgan fingerprint density at radius 1 is 1.42 bits per heavy atom. The van der Waals surface area contributed by atoms with Crippen LogP contribution in [0.15, 0.2) is 18.2 Å². The van der Waals surface area contributed by atoms with Gasteiger partial charge in [-0.05, 0) is 37.3 Å². The van der Waals surface area contributed by atoms with Crippen molar-refractivity contribution in [2.45, 2.75) is 38.6 Å². The highest BCUT2D eigenvalue weighted by molar-refractivity contribution is 6.17.